The maximum Gasteiger partial charge on any atom is 0.160 e. The maximum atomic E-state index is 4.91. The van der Waals surface area contributed by atoms with Crippen molar-refractivity contribution in [1.82, 2.24) is 25.2 Å². The summed E-state index contributed by atoms with van der Waals surface area (Å²) in [6.07, 6.45) is 5.43. The molecule has 1 atom stereocenters. The fourth-order valence-corrected chi connectivity index (χ4v) is 3.54. The summed E-state index contributed by atoms with van der Waals surface area (Å²) in [4.78, 5) is 9.52. The normalized spacial score (nSPS) is 24.5. The Morgan fingerprint density at radius 1 is 1.10 bits per heavy atom. The Morgan fingerprint density at radius 2 is 1.95 bits per heavy atom. The zero-order valence-electron chi connectivity index (χ0n) is 11.7. The van der Waals surface area contributed by atoms with E-state index in [-0.39, 0.29) is 0 Å². The molecule has 2 N–H and O–H groups in total. The van der Waals surface area contributed by atoms with Gasteiger partial charge in [-0.1, -0.05) is 0 Å². The molecule has 0 saturated carbocycles. The molecule has 0 bridgehead atoms. The summed E-state index contributed by atoms with van der Waals surface area (Å²) in [6, 6.07) is 4.62. The average Bonchev–Trinajstić information content (AvgIpc) is 3.15. The van der Waals surface area contributed by atoms with Crippen molar-refractivity contribution in [2.45, 2.75) is 31.2 Å². The number of rotatable bonds is 2. The van der Waals surface area contributed by atoms with Crippen molar-refractivity contribution >= 4 is 11.2 Å². The zero-order chi connectivity index (χ0) is 13.4. The van der Waals surface area contributed by atoms with Crippen LogP contribution in [0, 0.1) is 0 Å². The van der Waals surface area contributed by atoms with Crippen LogP contribution >= 0.6 is 0 Å². The molecule has 2 saturated heterocycles. The zero-order valence-corrected chi connectivity index (χ0v) is 11.7. The maximum absolute atomic E-state index is 4.91. The van der Waals surface area contributed by atoms with Crippen LogP contribution in [0.2, 0.25) is 0 Å². The van der Waals surface area contributed by atoms with E-state index in [9.17, 15) is 0 Å². The summed E-state index contributed by atoms with van der Waals surface area (Å²) in [5.41, 5.74) is 2.12. The van der Waals surface area contributed by atoms with Gasteiger partial charge in [-0.2, -0.15) is 0 Å². The third-order valence-electron chi connectivity index (χ3n) is 4.58. The molecule has 4 rings (SSSR count). The van der Waals surface area contributed by atoms with E-state index in [1.54, 1.807) is 0 Å². The molecule has 20 heavy (non-hydrogen) atoms. The Labute approximate surface area is 118 Å². The number of aromatic nitrogens is 3. The second-order valence-corrected chi connectivity index (χ2v) is 5.86. The predicted molar refractivity (Wildman–Crippen MR) is 78.9 cm³/mol. The molecule has 0 spiro atoms. The molecule has 2 aliphatic rings. The van der Waals surface area contributed by atoms with Crippen LogP contribution in [-0.2, 0) is 0 Å². The van der Waals surface area contributed by atoms with Crippen molar-refractivity contribution in [3.05, 3.63) is 24.2 Å². The van der Waals surface area contributed by atoms with Gasteiger partial charge in [0.2, 0.25) is 0 Å². The third kappa shape index (κ3) is 2.01. The van der Waals surface area contributed by atoms with Crippen molar-refractivity contribution in [1.29, 1.82) is 0 Å². The number of nitrogens with zero attached hydrogens (tertiary/aromatic N) is 3. The molecule has 5 heteroatoms. The average molecular weight is 271 g/mol. The van der Waals surface area contributed by atoms with E-state index in [2.05, 4.69) is 26.3 Å². The predicted octanol–water partition coefficient (Wildman–Crippen LogP) is 1.43. The fourth-order valence-electron chi connectivity index (χ4n) is 3.54. The molecule has 2 aromatic rings. The summed E-state index contributed by atoms with van der Waals surface area (Å²) >= 11 is 0. The van der Waals surface area contributed by atoms with Gasteiger partial charge in [0.25, 0.3) is 0 Å². The van der Waals surface area contributed by atoms with Crippen LogP contribution in [0.5, 0.6) is 0 Å². The minimum Gasteiger partial charge on any atom is -0.317 e. The highest BCUT2D eigenvalue weighted by Crippen LogP contribution is 2.31. The SMILES string of the molecule is c1cnc2c(c1)nc(C1CCNC1)n2C1CCNCC1. The number of hydrogen-bond acceptors (Lipinski definition) is 4. The number of pyridine rings is 1. The molecule has 0 radical (unpaired) electrons. The second-order valence-electron chi connectivity index (χ2n) is 5.86. The van der Waals surface area contributed by atoms with Crippen LogP contribution in [0.1, 0.15) is 37.0 Å². The molecule has 2 fully saturated rings. The molecule has 0 amide bonds. The number of imidazole rings is 1. The smallest absolute Gasteiger partial charge is 0.160 e. The highest BCUT2D eigenvalue weighted by atomic mass is 15.2. The molecule has 106 valence electrons. The minimum absolute atomic E-state index is 0.541. The first-order valence-electron chi connectivity index (χ1n) is 7.68. The van der Waals surface area contributed by atoms with Crippen LogP contribution in [0.15, 0.2) is 18.3 Å². The molecule has 0 aliphatic carbocycles. The largest absolute Gasteiger partial charge is 0.317 e. The van der Waals surface area contributed by atoms with Crippen molar-refractivity contribution < 1.29 is 0 Å². The van der Waals surface area contributed by atoms with Gasteiger partial charge >= 0.3 is 0 Å². The number of fused-ring (bicyclic) bond motifs is 1. The second kappa shape index (κ2) is 5.14. The monoisotopic (exact) mass is 271 g/mol. The summed E-state index contributed by atoms with van der Waals surface area (Å²) < 4.78 is 2.44. The van der Waals surface area contributed by atoms with Crippen LogP contribution < -0.4 is 10.6 Å². The van der Waals surface area contributed by atoms with Crippen molar-refractivity contribution in [2.75, 3.05) is 26.2 Å². The van der Waals surface area contributed by atoms with Gasteiger partial charge in [0.05, 0.1) is 0 Å². The third-order valence-corrected chi connectivity index (χ3v) is 4.58. The van der Waals surface area contributed by atoms with E-state index >= 15 is 0 Å². The van der Waals surface area contributed by atoms with E-state index in [1.807, 2.05) is 12.3 Å². The molecule has 1 unspecified atom stereocenters. The van der Waals surface area contributed by atoms with Gasteiger partial charge < -0.3 is 15.2 Å². The molecular formula is C15H21N5. The summed E-state index contributed by atoms with van der Waals surface area (Å²) in [5, 5.41) is 6.91. The Balaban J connectivity index is 1.83. The van der Waals surface area contributed by atoms with Gasteiger partial charge in [0.1, 0.15) is 11.3 Å². The van der Waals surface area contributed by atoms with E-state index in [1.165, 1.54) is 25.1 Å². The number of piperidine rings is 1. The Bertz CT molecular complexity index is 593. The van der Waals surface area contributed by atoms with Crippen molar-refractivity contribution in [2.24, 2.45) is 0 Å². The molecule has 0 aromatic carbocycles. The van der Waals surface area contributed by atoms with Crippen LogP contribution in [0.3, 0.4) is 0 Å². The summed E-state index contributed by atoms with van der Waals surface area (Å²) in [5.74, 6) is 1.79. The quantitative estimate of drug-likeness (QED) is 0.867. The molecule has 2 aliphatic heterocycles. The topological polar surface area (TPSA) is 54.8 Å². The minimum atomic E-state index is 0.541. The first-order valence-corrected chi connectivity index (χ1v) is 7.68. The molecule has 2 aromatic heterocycles. The van der Waals surface area contributed by atoms with E-state index in [4.69, 9.17) is 4.98 Å². The highest BCUT2D eigenvalue weighted by Gasteiger charge is 2.28. The highest BCUT2D eigenvalue weighted by molar-refractivity contribution is 5.71. The summed E-state index contributed by atoms with van der Waals surface area (Å²) in [6.45, 7) is 4.35. The fraction of sp³-hybridized carbons (Fsp3) is 0.600. The molecule has 4 heterocycles. The summed E-state index contributed by atoms with van der Waals surface area (Å²) in [7, 11) is 0. The lowest BCUT2D eigenvalue weighted by atomic mass is 10.0. The van der Waals surface area contributed by atoms with Gasteiger partial charge in [-0.05, 0) is 51.0 Å². The Hall–Kier alpha value is -1.46. The van der Waals surface area contributed by atoms with E-state index < -0.39 is 0 Å². The van der Waals surface area contributed by atoms with Gasteiger partial charge in [0, 0.05) is 24.7 Å². The Kier molecular flexibility index (Phi) is 3.16. The lowest BCUT2D eigenvalue weighted by molar-refractivity contribution is 0.361. The molecule has 5 nitrogen and oxygen atoms in total. The van der Waals surface area contributed by atoms with E-state index in [0.717, 1.165) is 37.3 Å². The standard InChI is InChI=1S/C15H21N5/c1-2-13-15(18-6-1)20(12-4-8-16-9-5-12)14(19-13)11-3-7-17-10-11/h1-2,6,11-12,16-17H,3-5,7-10H2. The van der Waals surface area contributed by atoms with Gasteiger partial charge in [-0.15, -0.1) is 0 Å². The lowest BCUT2D eigenvalue weighted by Gasteiger charge is -2.27. The van der Waals surface area contributed by atoms with Gasteiger partial charge in [-0.3, -0.25) is 0 Å². The first kappa shape index (κ1) is 12.3. The first-order chi connectivity index (χ1) is 9.93. The van der Waals surface area contributed by atoms with Crippen molar-refractivity contribution in [3.63, 3.8) is 0 Å². The van der Waals surface area contributed by atoms with Crippen LogP contribution in [0.4, 0.5) is 0 Å². The van der Waals surface area contributed by atoms with Gasteiger partial charge in [-0.25, -0.2) is 9.97 Å². The van der Waals surface area contributed by atoms with Crippen LogP contribution in [0.25, 0.3) is 11.2 Å². The number of nitrogens with one attached hydrogen (secondary N) is 2. The van der Waals surface area contributed by atoms with Gasteiger partial charge in [0.15, 0.2) is 5.65 Å². The van der Waals surface area contributed by atoms with Crippen molar-refractivity contribution in [3.8, 4) is 0 Å². The Morgan fingerprint density at radius 3 is 2.75 bits per heavy atom. The number of hydrogen-bond donors (Lipinski definition) is 2. The molecular weight excluding hydrogens is 250 g/mol. The lowest BCUT2D eigenvalue weighted by Crippen LogP contribution is -2.30. The van der Waals surface area contributed by atoms with Crippen LogP contribution in [-0.4, -0.2) is 40.7 Å². The van der Waals surface area contributed by atoms with E-state index in [0.29, 0.717) is 12.0 Å².